The minimum absolute atomic E-state index is 0.936. The highest BCUT2D eigenvalue weighted by atomic mass is 14.8. The minimum Gasteiger partial charge on any atom is -0.355 e. The van der Waals surface area contributed by atoms with Gasteiger partial charge in [-0.2, -0.15) is 0 Å². The fourth-order valence-corrected chi connectivity index (χ4v) is 5.59. The SMILES string of the molecule is CC1=c2ccc([nH]2)=C(C2=CC=CCC=C2)c2ccc([nH]2)C(C)=c2ccc([nH]2)=C(c2ccccc2)c2ccc1[nH]2. The van der Waals surface area contributed by atoms with Crippen molar-refractivity contribution in [1.82, 2.24) is 19.9 Å². The molecule has 0 unspecified atom stereocenters. The molecule has 0 saturated heterocycles. The van der Waals surface area contributed by atoms with E-state index in [1.165, 1.54) is 16.7 Å². The van der Waals surface area contributed by atoms with Crippen LogP contribution in [0.25, 0.3) is 22.3 Å². The zero-order valence-electron chi connectivity index (χ0n) is 22.1. The van der Waals surface area contributed by atoms with Crippen LogP contribution in [-0.4, -0.2) is 19.9 Å². The van der Waals surface area contributed by atoms with Crippen molar-refractivity contribution in [2.75, 3.05) is 0 Å². The van der Waals surface area contributed by atoms with Gasteiger partial charge in [0.25, 0.3) is 0 Å². The second kappa shape index (κ2) is 9.41. The summed E-state index contributed by atoms with van der Waals surface area (Å²) >= 11 is 0. The molecule has 1 aliphatic carbocycles. The molecular weight excluding hydrogens is 476 g/mol. The number of nitrogens with one attached hydrogen (secondary N) is 4. The first-order valence-corrected chi connectivity index (χ1v) is 13.4. The van der Waals surface area contributed by atoms with Gasteiger partial charge in [0.2, 0.25) is 0 Å². The maximum Gasteiger partial charge on any atom is 0.0485 e. The third-order valence-electron chi connectivity index (χ3n) is 7.77. The lowest BCUT2D eigenvalue weighted by Gasteiger charge is -2.07. The number of allylic oxidation sites excluding steroid dienone is 6. The standard InChI is InChI=1S/C35H30N4/c1-22-26-14-18-30(36-26)34(24-10-6-3-4-7-11-24)31-19-15-27(37-31)23(2)29-17-21-33(39-29)35(25-12-8-5-9-13-25)32-20-16-28(22)38-32/h3,5-21,36-39H,4H2,1-2H3. The summed E-state index contributed by atoms with van der Waals surface area (Å²) in [6, 6.07) is 28.0. The summed E-state index contributed by atoms with van der Waals surface area (Å²) in [4.78, 5) is 14.9. The molecule has 1 aliphatic heterocycles. The molecule has 7 rings (SSSR count). The lowest BCUT2D eigenvalue weighted by Crippen LogP contribution is -2.17. The number of hydrogen-bond acceptors (Lipinski definition) is 0. The minimum atomic E-state index is 0.936. The van der Waals surface area contributed by atoms with Crippen LogP contribution in [0, 0.1) is 0 Å². The van der Waals surface area contributed by atoms with Gasteiger partial charge in [-0.05, 0) is 91.1 Å². The van der Waals surface area contributed by atoms with Crippen LogP contribution in [0.3, 0.4) is 0 Å². The number of H-pyrrole nitrogens is 4. The fourth-order valence-electron chi connectivity index (χ4n) is 5.59. The maximum atomic E-state index is 3.73. The van der Waals surface area contributed by atoms with Gasteiger partial charge in [-0.3, -0.25) is 0 Å². The molecule has 0 atom stereocenters. The zero-order chi connectivity index (χ0) is 26.3. The summed E-state index contributed by atoms with van der Waals surface area (Å²) in [5.74, 6) is 0. The highest BCUT2D eigenvalue weighted by molar-refractivity contribution is 5.82. The van der Waals surface area contributed by atoms with E-state index in [-0.39, 0.29) is 0 Å². The highest BCUT2D eigenvalue weighted by Gasteiger charge is 2.15. The first-order chi connectivity index (χ1) is 19.2. The normalized spacial score (nSPS) is 15.1. The summed E-state index contributed by atoms with van der Waals surface area (Å²) in [6.07, 6.45) is 11.9. The smallest absolute Gasteiger partial charge is 0.0485 e. The van der Waals surface area contributed by atoms with Crippen molar-refractivity contribution in [1.29, 1.82) is 0 Å². The molecule has 4 heteroatoms. The van der Waals surface area contributed by atoms with Crippen LogP contribution in [0.4, 0.5) is 0 Å². The molecule has 0 radical (unpaired) electrons. The Morgan fingerprint density at radius 2 is 1.08 bits per heavy atom. The molecular formula is C35H30N4. The quantitative estimate of drug-likeness (QED) is 0.270. The number of hydrogen-bond donors (Lipinski definition) is 4. The van der Waals surface area contributed by atoms with Gasteiger partial charge in [-0.15, -0.1) is 0 Å². The van der Waals surface area contributed by atoms with E-state index >= 15 is 0 Å². The van der Waals surface area contributed by atoms with E-state index in [1.807, 2.05) is 0 Å². The van der Waals surface area contributed by atoms with Crippen molar-refractivity contribution >= 4 is 22.3 Å². The number of aromatic amines is 4. The summed E-state index contributed by atoms with van der Waals surface area (Å²) in [7, 11) is 0. The molecule has 0 amide bonds. The largest absolute Gasteiger partial charge is 0.355 e. The van der Waals surface area contributed by atoms with Gasteiger partial charge in [0.15, 0.2) is 0 Å². The number of benzene rings is 1. The molecule has 8 bridgehead atoms. The van der Waals surface area contributed by atoms with E-state index in [2.05, 4.69) is 143 Å². The molecule has 5 aromatic rings. The van der Waals surface area contributed by atoms with Crippen LogP contribution in [0.15, 0.2) is 115 Å². The van der Waals surface area contributed by atoms with Gasteiger partial charge in [0.1, 0.15) is 0 Å². The van der Waals surface area contributed by atoms with Gasteiger partial charge in [0.05, 0.1) is 0 Å². The molecule has 4 nitrogen and oxygen atoms in total. The molecule has 39 heavy (non-hydrogen) atoms. The first kappa shape index (κ1) is 23.2. The monoisotopic (exact) mass is 506 g/mol. The summed E-state index contributed by atoms with van der Waals surface area (Å²) < 4.78 is 0. The van der Waals surface area contributed by atoms with Crippen molar-refractivity contribution in [2.24, 2.45) is 0 Å². The van der Waals surface area contributed by atoms with Gasteiger partial charge < -0.3 is 19.9 Å². The summed E-state index contributed by atoms with van der Waals surface area (Å²) in [5.41, 5.74) is 11.3. The molecule has 5 heterocycles. The van der Waals surface area contributed by atoms with E-state index in [9.17, 15) is 0 Å². The van der Waals surface area contributed by atoms with Crippen LogP contribution in [0.2, 0.25) is 0 Å². The van der Waals surface area contributed by atoms with Crippen molar-refractivity contribution < 1.29 is 0 Å². The Morgan fingerprint density at radius 3 is 1.74 bits per heavy atom. The average molecular weight is 507 g/mol. The molecule has 0 spiro atoms. The molecule has 2 aliphatic rings. The Balaban J connectivity index is 1.57. The van der Waals surface area contributed by atoms with Crippen LogP contribution >= 0.6 is 0 Å². The van der Waals surface area contributed by atoms with Crippen molar-refractivity contribution in [3.05, 3.63) is 165 Å². The van der Waals surface area contributed by atoms with Gasteiger partial charge in [-0.1, -0.05) is 60.7 Å². The number of fused-ring (bicyclic) bond motifs is 8. The van der Waals surface area contributed by atoms with E-state index in [1.54, 1.807) is 0 Å². The summed E-state index contributed by atoms with van der Waals surface area (Å²) in [6.45, 7) is 4.34. The molecule has 1 aromatic carbocycles. The molecule has 0 fully saturated rings. The molecule has 4 aromatic heterocycles. The fraction of sp³-hybridized carbons (Fsp3) is 0.0857. The van der Waals surface area contributed by atoms with Gasteiger partial charge >= 0.3 is 0 Å². The highest BCUT2D eigenvalue weighted by Crippen LogP contribution is 2.25. The third-order valence-corrected chi connectivity index (χ3v) is 7.77. The first-order valence-electron chi connectivity index (χ1n) is 13.4. The van der Waals surface area contributed by atoms with E-state index < -0.39 is 0 Å². The Hall–Kier alpha value is -4.96. The number of aromatic nitrogens is 4. The van der Waals surface area contributed by atoms with Gasteiger partial charge in [-0.25, -0.2) is 0 Å². The molecule has 190 valence electrons. The van der Waals surface area contributed by atoms with Crippen LogP contribution in [0.5, 0.6) is 0 Å². The zero-order valence-corrected chi connectivity index (χ0v) is 22.1. The van der Waals surface area contributed by atoms with E-state index in [0.29, 0.717) is 0 Å². The maximum absolute atomic E-state index is 3.73. The average Bonchev–Trinajstić information content (AvgIpc) is 3.77. The predicted molar refractivity (Wildman–Crippen MR) is 160 cm³/mol. The van der Waals surface area contributed by atoms with Crippen LogP contribution in [0.1, 0.15) is 48.6 Å². The Kier molecular flexibility index (Phi) is 5.59. The topological polar surface area (TPSA) is 63.2 Å². The van der Waals surface area contributed by atoms with Crippen LogP contribution < -0.4 is 21.4 Å². The van der Waals surface area contributed by atoms with Crippen molar-refractivity contribution in [2.45, 2.75) is 20.3 Å². The second-order valence-electron chi connectivity index (χ2n) is 10.2. The second-order valence-corrected chi connectivity index (χ2v) is 10.2. The lowest BCUT2D eigenvalue weighted by molar-refractivity contribution is 1.18. The van der Waals surface area contributed by atoms with Crippen molar-refractivity contribution in [3.8, 4) is 0 Å². The summed E-state index contributed by atoms with van der Waals surface area (Å²) in [5, 5.41) is 4.35. The van der Waals surface area contributed by atoms with E-state index in [4.69, 9.17) is 0 Å². The van der Waals surface area contributed by atoms with E-state index in [0.717, 1.165) is 67.3 Å². The Labute approximate surface area is 226 Å². The van der Waals surface area contributed by atoms with Crippen LogP contribution in [-0.2, 0) is 0 Å². The Bertz CT molecular complexity index is 2050. The number of rotatable bonds is 2. The lowest BCUT2D eigenvalue weighted by atomic mass is 10.0. The molecule has 0 saturated carbocycles. The predicted octanol–water partition coefficient (Wildman–Crippen LogP) is 4.64. The van der Waals surface area contributed by atoms with Crippen molar-refractivity contribution in [3.63, 3.8) is 0 Å². The van der Waals surface area contributed by atoms with Gasteiger partial charge in [0, 0.05) is 55.3 Å². The molecule has 4 N–H and O–H groups in total. The Morgan fingerprint density at radius 1 is 0.513 bits per heavy atom. The third kappa shape index (κ3) is 4.11.